The van der Waals surface area contributed by atoms with E-state index in [0.717, 1.165) is 0 Å². The molecule has 0 amide bonds. The van der Waals surface area contributed by atoms with Crippen LogP contribution in [0.15, 0.2) is 46.1 Å². The standard InChI is InChI=1S/C22H18O6/c1-9(11(3)23)17-8-16(26)20-15(25)7-13-10(2)12-5-4-6-14(24)18(12)21(27)19(13)22(20)28-17/h4-9,11,23-25H,2H2,1,3H3. The lowest BCUT2D eigenvalue weighted by Crippen LogP contribution is -2.18. The third kappa shape index (κ3) is 2.38. The number of phenols is 2. The molecular formula is C22H18O6. The first-order valence-electron chi connectivity index (χ1n) is 8.80. The number of hydrogen-bond acceptors (Lipinski definition) is 6. The van der Waals surface area contributed by atoms with E-state index in [-0.39, 0.29) is 39.4 Å². The van der Waals surface area contributed by atoms with Crippen molar-refractivity contribution in [3.8, 4) is 11.5 Å². The summed E-state index contributed by atoms with van der Waals surface area (Å²) >= 11 is 0. The molecule has 0 aliphatic heterocycles. The number of aliphatic hydroxyl groups excluding tert-OH is 1. The summed E-state index contributed by atoms with van der Waals surface area (Å²) in [6.07, 6.45) is -0.788. The fraction of sp³-hybridized carbons (Fsp3) is 0.182. The van der Waals surface area contributed by atoms with Gasteiger partial charge in [0.2, 0.25) is 5.78 Å². The molecule has 0 saturated carbocycles. The van der Waals surface area contributed by atoms with Crippen molar-refractivity contribution in [1.29, 1.82) is 0 Å². The number of phenolic OH excluding ortho intramolecular Hbond substituents is 2. The zero-order valence-corrected chi connectivity index (χ0v) is 15.3. The highest BCUT2D eigenvalue weighted by Gasteiger charge is 2.33. The van der Waals surface area contributed by atoms with E-state index in [1.54, 1.807) is 26.0 Å². The average molecular weight is 378 g/mol. The van der Waals surface area contributed by atoms with Gasteiger partial charge in [-0.3, -0.25) is 9.59 Å². The van der Waals surface area contributed by atoms with Gasteiger partial charge in [0.15, 0.2) is 11.0 Å². The van der Waals surface area contributed by atoms with Crippen molar-refractivity contribution in [3.05, 3.63) is 75.1 Å². The lowest BCUT2D eigenvalue weighted by Gasteiger charge is -2.23. The molecule has 0 radical (unpaired) electrons. The molecule has 1 aromatic heterocycles. The summed E-state index contributed by atoms with van der Waals surface area (Å²) in [5, 5.41) is 30.4. The monoisotopic (exact) mass is 378 g/mol. The Bertz CT molecular complexity index is 1230. The topological polar surface area (TPSA) is 108 Å². The van der Waals surface area contributed by atoms with Crippen LogP contribution < -0.4 is 5.43 Å². The van der Waals surface area contributed by atoms with E-state index < -0.39 is 23.2 Å². The van der Waals surface area contributed by atoms with Crippen molar-refractivity contribution in [2.75, 3.05) is 0 Å². The molecule has 142 valence electrons. The zero-order chi connectivity index (χ0) is 20.3. The zero-order valence-electron chi connectivity index (χ0n) is 15.3. The summed E-state index contributed by atoms with van der Waals surface area (Å²) in [5.74, 6) is -1.35. The van der Waals surface area contributed by atoms with Crippen LogP contribution in [0.25, 0.3) is 16.5 Å². The predicted molar refractivity (Wildman–Crippen MR) is 104 cm³/mol. The predicted octanol–water partition coefficient (Wildman–Crippen LogP) is 3.29. The van der Waals surface area contributed by atoms with E-state index in [9.17, 15) is 24.9 Å². The average Bonchev–Trinajstić information content (AvgIpc) is 2.64. The Morgan fingerprint density at radius 1 is 1.00 bits per heavy atom. The van der Waals surface area contributed by atoms with E-state index in [1.807, 2.05) is 0 Å². The molecule has 1 heterocycles. The number of rotatable bonds is 2. The number of hydrogen-bond donors (Lipinski definition) is 3. The van der Waals surface area contributed by atoms with E-state index in [2.05, 4.69) is 6.58 Å². The molecular weight excluding hydrogens is 360 g/mol. The number of carbonyl (C=O) groups excluding carboxylic acids is 1. The first-order valence-corrected chi connectivity index (χ1v) is 8.80. The van der Waals surface area contributed by atoms with Crippen LogP contribution in [0.3, 0.4) is 0 Å². The molecule has 0 saturated heterocycles. The normalized spacial score (nSPS) is 15.2. The maximum Gasteiger partial charge on any atom is 0.201 e. The highest BCUT2D eigenvalue weighted by Crippen LogP contribution is 2.43. The number of benzene rings is 2. The maximum atomic E-state index is 13.2. The minimum absolute atomic E-state index is 0.0588. The molecule has 28 heavy (non-hydrogen) atoms. The largest absolute Gasteiger partial charge is 0.507 e. The number of aliphatic hydroxyl groups is 1. The highest BCUT2D eigenvalue weighted by molar-refractivity contribution is 6.24. The van der Waals surface area contributed by atoms with Crippen LogP contribution in [-0.4, -0.2) is 27.2 Å². The van der Waals surface area contributed by atoms with Crippen LogP contribution in [-0.2, 0) is 0 Å². The van der Waals surface area contributed by atoms with Gasteiger partial charge >= 0.3 is 0 Å². The minimum Gasteiger partial charge on any atom is -0.507 e. The number of ketones is 1. The molecule has 2 aromatic carbocycles. The summed E-state index contributed by atoms with van der Waals surface area (Å²) in [4.78, 5) is 25.9. The molecule has 1 aliphatic rings. The van der Waals surface area contributed by atoms with Crippen LogP contribution in [0.1, 0.15) is 52.6 Å². The van der Waals surface area contributed by atoms with Crippen molar-refractivity contribution < 1.29 is 24.5 Å². The van der Waals surface area contributed by atoms with Gasteiger partial charge in [-0.2, -0.15) is 0 Å². The molecule has 2 atom stereocenters. The molecule has 6 heteroatoms. The molecule has 3 aromatic rings. The number of fused-ring (bicyclic) bond motifs is 4. The van der Waals surface area contributed by atoms with E-state index in [4.69, 9.17) is 4.42 Å². The van der Waals surface area contributed by atoms with Crippen LogP contribution in [0.4, 0.5) is 0 Å². The summed E-state index contributed by atoms with van der Waals surface area (Å²) < 4.78 is 5.86. The van der Waals surface area contributed by atoms with E-state index in [0.29, 0.717) is 16.7 Å². The van der Waals surface area contributed by atoms with E-state index >= 15 is 0 Å². The molecule has 4 rings (SSSR count). The minimum atomic E-state index is -0.788. The second-order valence-electron chi connectivity index (χ2n) is 7.07. The molecule has 1 aliphatic carbocycles. The Hall–Kier alpha value is -3.38. The van der Waals surface area contributed by atoms with Gasteiger partial charge in [-0.15, -0.1) is 0 Å². The van der Waals surface area contributed by atoms with Crippen LogP contribution in [0.5, 0.6) is 11.5 Å². The van der Waals surface area contributed by atoms with Gasteiger partial charge in [0.25, 0.3) is 0 Å². The quantitative estimate of drug-likeness (QED) is 0.494. The SMILES string of the molecule is C=C1c2cccc(O)c2C(=O)c2c1cc(O)c1c(=O)cc(C(C)C(C)O)oc21. The Morgan fingerprint density at radius 3 is 2.39 bits per heavy atom. The van der Waals surface area contributed by atoms with Gasteiger partial charge in [-0.1, -0.05) is 25.6 Å². The van der Waals surface area contributed by atoms with Gasteiger partial charge in [-0.25, -0.2) is 0 Å². The third-order valence-electron chi connectivity index (χ3n) is 5.32. The molecule has 6 nitrogen and oxygen atoms in total. The van der Waals surface area contributed by atoms with Crippen LogP contribution >= 0.6 is 0 Å². The molecule has 0 spiro atoms. The molecule has 2 unspecified atom stereocenters. The lowest BCUT2D eigenvalue weighted by molar-refractivity contribution is 0.103. The first-order chi connectivity index (χ1) is 13.2. The first kappa shape index (κ1) is 18.0. The van der Waals surface area contributed by atoms with Crippen molar-refractivity contribution >= 4 is 22.3 Å². The van der Waals surface area contributed by atoms with Crippen molar-refractivity contribution in [2.45, 2.75) is 25.9 Å². The Morgan fingerprint density at radius 2 is 1.71 bits per heavy atom. The summed E-state index contributed by atoms with van der Waals surface area (Å²) in [5.41, 5.74) is 0.738. The Kier molecular flexibility index (Phi) is 3.90. The number of aromatic hydroxyl groups is 2. The van der Waals surface area contributed by atoms with Crippen molar-refractivity contribution in [2.24, 2.45) is 0 Å². The van der Waals surface area contributed by atoms with Crippen molar-refractivity contribution in [1.82, 2.24) is 0 Å². The van der Waals surface area contributed by atoms with E-state index in [1.165, 1.54) is 18.2 Å². The fourth-order valence-corrected chi connectivity index (χ4v) is 3.56. The fourth-order valence-electron chi connectivity index (χ4n) is 3.56. The highest BCUT2D eigenvalue weighted by atomic mass is 16.3. The van der Waals surface area contributed by atoms with Gasteiger partial charge in [-0.05, 0) is 30.2 Å². The van der Waals surface area contributed by atoms with Crippen LogP contribution in [0.2, 0.25) is 0 Å². The second-order valence-corrected chi connectivity index (χ2v) is 7.07. The van der Waals surface area contributed by atoms with Crippen LogP contribution in [0, 0.1) is 0 Å². The van der Waals surface area contributed by atoms with Crippen molar-refractivity contribution in [3.63, 3.8) is 0 Å². The van der Waals surface area contributed by atoms with Gasteiger partial charge in [0.1, 0.15) is 22.6 Å². The maximum absolute atomic E-state index is 13.2. The summed E-state index contributed by atoms with van der Waals surface area (Å²) in [7, 11) is 0. The summed E-state index contributed by atoms with van der Waals surface area (Å²) in [6.45, 7) is 7.24. The Labute approximate surface area is 160 Å². The third-order valence-corrected chi connectivity index (χ3v) is 5.32. The lowest BCUT2D eigenvalue weighted by atomic mass is 9.80. The second kappa shape index (κ2) is 6.07. The molecule has 3 N–H and O–H groups in total. The number of carbonyl (C=O) groups is 1. The summed E-state index contributed by atoms with van der Waals surface area (Å²) in [6, 6.07) is 7.18. The smallest absolute Gasteiger partial charge is 0.201 e. The van der Waals surface area contributed by atoms with Gasteiger partial charge in [0.05, 0.1) is 17.2 Å². The molecule has 0 bridgehead atoms. The van der Waals surface area contributed by atoms with Gasteiger partial charge < -0.3 is 19.7 Å². The molecule has 0 fully saturated rings. The van der Waals surface area contributed by atoms with Gasteiger partial charge in [0, 0.05) is 17.5 Å². The Balaban J connectivity index is 2.13.